The van der Waals surface area contributed by atoms with Gasteiger partial charge in [0.1, 0.15) is 5.76 Å². The minimum absolute atomic E-state index is 0.0665. The summed E-state index contributed by atoms with van der Waals surface area (Å²) < 4.78 is 51.5. The number of amides is 1. The zero-order chi connectivity index (χ0) is 26.5. The van der Waals surface area contributed by atoms with E-state index in [9.17, 15) is 31.5 Å². The molecule has 12 heteroatoms. The highest BCUT2D eigenvalue weighted by atomic mass is 35.5. The molecule has 2 atom stereocenters. The van der Waals surface area contributed by atoms with Gasteiger partial charge in [-0.1, -0.05) is 23.7 Å². The summed E-state index contributed by atoms with van der Waals surface area (Å²) in [6, 6.07) is 10.2. The molecule has 3 aliphatic rings. The molecule has 196 valence electrons. The summed E-state index contributed by atoms with van der Waals surface area (Å²) in [5.74, 6) is -2.66. The molecule has 0 aliphatic carbocycles. The van der Waals surface area contributed by atoms with Gasteiger partial charge in [0.25, 0.3) is 11.7 Å². The van der Waals surface area contributed by atoms with Gasteiger partial charge in [-0.05, 0) is 61.2 Å². The number of Topliss-reactive ketones (excluding diaryl/α,β-unsaturated/α-hetero) is 1. The number of likely N-dealkylation sites (tertiary alicyclic amines) is 1. The summed E-state index contributed by atoms with van der Waals surface area (Å²) in [4.78, 5) is 27.7. The van der Waals surface area contributed by atoms with Crippen molar-refractivity contribution in [3.05, 3.63) is 70.3 Å². The summed E-state index contributed by atoms with van der Waals surface area (Å²) in [5, 5.41) is 11.7. The van der Waals surface area contributed by atoms with Crippen LogP contribution in [0.5, 0.6) is 0 Å². The summed E-state index contributed by atoms with van der Waals surface area (Å²) in [6.45, 7) is 0.900. The van der Waals surface area contributed by atoms with Gasteiger partial charge in [0.2, 0.25) is 10.0 Å². The lowest BCUT2D eigenvalue weighted by atomic mass is 9.95. The normalized spacial score (nSPS) is 25.7. The fourth-order valence-corrected chi connectivity index (χ4v) is 8.57. The first-order chi connectivity index (χ1) is 17.5. The quantitative estimate of drug-likeness (QED) is 0.336. The van der Waals surface area contributed by atoms with Crippen LogP contribution in [-0.4, -0.2) is 73.5 Å². The Labute approximate surface area is 220 Å². The molecule has 0 bridgehead atoms. The van der Waals surface area contributed by atoms with Gasteiger partial charge in [0.15, 0.2) is 9.84 Å². The van der Waals surface area contributed by atoms with E-state index in [0.717, 1.165) is 12.8 Å². The molecular formula is C25H25ClN2O7S2. The summed E-state index contributed by atoms with van der Waals surface area (Å²) in [6.07, 6.45) is 1.78. The molecular weight excluding hydrogens is 540 g/mol. The first kappa shape index (κ1) is 25.9. The van der Waals surface area contributed by atoms with Gasteiger partial charge in [0, 0.05) is 29.7 Å². The number of carbonyl (C=O) groups is 2. The van der Waals surface area contributed by atoms with Gasteiger partial charge in [0.05, 0.1) is 28.0 Å². The number of benzene rings is 2. The molecule has 2 unspecified atom stereocenters. The van der Waals surface area contributed by atoms with E-state index < -0.39 is 49.4 Å². The Hall–Kier alpha value is -2.73. The average molecular weight is 565 g/mol. The Balaban J connectivity index is 1.57. The molecule has 0 aromatic heterocycles. The van der Waals surface area contributed by atoms with Crippen molar-refractivity contribution in [2.45, 2.75) is 36.2 Å². The first-order valence-corrected chi connectivity index (χ1v) is 15.5. The number of aliphatic hydroxyl groups excluding tert-OH is 1. The van der Waals surface area contributed by atoms with Crippen molar-refractivity contribution in [3.8, 4) is 0 Å². The molecule has 0 spiro atoms. The lowest BCUT2D eigenvalue weighted by Crippen LogP contribution is -2.40. The molecule has 1 amide bonds. The second kappa shape index (κ2) is 9.54. The molecule has 3 heterocycles. The Morgan fingerprint density at radius 3 is 2.16 bits per heavy atom. The van der Waals surface area contributed by atoms with Crippen LogP contribution in [0.2, 0.25) is 5.02 Å². The standard InChI is InChI=1S/C25H25ClN2O7S2/c26-18-7-3-16(4-8-18)22-21(24(30)25(31)28(22)19-11-14-36(32,33)15-19)23(29)17-5-9-20(10-6-17)37(34,35)27-12-1-2-13-27/h3-10,19,22,29H,1-2,11-15H2/b23-21+. The number of aliphatic hydroxyl groups is 1. The monoisotopic (exact) mass is 564 g/mol. The predicted octanol–water partition coefficient (Wildman–Crippen LogP) is 2.73. The van der Waals surface area contributed by atoms with E-state index in [2.05, 4.69) is 0 Å². The predicted molar refractivity (Wildman–Crippen MR) is 137 cm³/mol. The summed E-state index contributed by atoms with van der Waals surface area (Å²) in [5.41, 5.74) is 0.464. The minimum Gasteiger partial charge on any atom is -0.507 e. The highest BCUT2D eigenvalue weighted by Crippen LogP contribution is 2.42. The number of nitrogens with zero attached hydrogens (tertiary/aromatic N) is 2. The maximum absolute atomic E-state index is 13.2. The molecule has 3 fully saturated rings. The Morgan fingerprint density at radius 1 is 0.973 bits per heavy atom. The largest absolute Gasteiger partial charge is 0.507 e. The molecule has 1 N–H and O–H groups in total. The van der Waals surface area contributed by atoms with Gasteiger partial charge in [-0.3, -0.25) is 9.59 Å². The first-order valence-electron chi connectivity index (χ1n) is 11.9. The van der Waals surface area contributed by atoms with Crippen molar-refractivity contribution < 1.29 is 31.5 Å². The minimum atomic E-state index is -3.67. The van der Waals surface area contributed by atoms with E-state index >= 15 is 0 Å². The number of hydrogen-bond donors (Lipinski definition) is 1. The van der Waals surface area contributed by atoms with E-state index in [1.165, 1.54) is 33.5 Å². The van der Waals surface area contributed by atoms with Crippen LogP contribution in [0, 0.1) is 0 Å². The number of carbonyl (C=O) groups excluding carboxylic acids is 2. The van der Waals surface area contributed by atoms with Gasteiger partial charge < -0.3 is 10.0 Å². The van der Waals surface area contributed by atoms with Gasteiger partial charge in [-0.25, -0.2) is 16.8 Å². The Bertz CT molecular complexity index is 1500. The van der Waals surface area contributed by atoms with Crippen LogP contribution in [-0.2, 0) is 29.4 Å². The van der Waals surface area contributed by atoms with Crippen molar-refractivity contribution in [2.75, 3.05) is 24.6 Å². The van der Waals surface area contributed by atoms with Gasteiger partial charge >= 0.3 is 0 Å². The third-order valence-electron chi connectivity index (χ3n) is 7.10. The van der Waals surface area contributed by atoms with Crippen LogP contribution in [0.25, 0.3) is 5.76 Å². The number of ketones is 1. The van der Waals surface area contributed by atoms with Crippen LogP contribution >= 0.6 is 11.6 Å². The van der Waals surface area contributed by atoms with E-state index in [1.807, 2.05) is 0 Å². The molecule has 37 heavy (non-hydrogen) atoms. The number of rotatable bonds is 5. The van der Waals surface area contributed by atoms with Crippen molar-refractivity contribution in [1.82, 2.24) is 9.21 Å². The van der Waals surface area contributed by atoms with Crippen molar-refractivity contribution in [2.24, 2.45) is 0 Å². The van der Waals surface area contributed by atoms with Crippen LogP contribution in [0.3, 0.4) is 0 Å². The molecule has 0 radical (unpaired) electrons. The molecule has 2 aromatic carbocycles. The van der Waals surface area contributed by atoms with Gasteiger partial charge in [-0.15, -0.1) is 0 Å². The van der Waals surface area contributed by atoms with E-state index in [1.54, 1.807) is 24.3 Å². The zero-order valence-electron chi connectivity index (χ0n) is 19.7. The molecule has 2 aromatic rings. The third kappa shape index (κ3) is 4.69. The molecule has 3 saturated heterocycles. The van der Waals surface area contributed by atoms with E-state index in [-0.39, 0.29) is 34.0 Å². The van der Waals surface area contributed by atoms with Crippen molar-refractivity contribution >= 4 is 48.9 Å². The second-order valence-corrected chi connectivity index (χ2v) is 14.1. The number of sulfone groups is 1. The zero-order valence-corrected chi connectivity index (χ0v) is 22.1. The lowest BCUT2D eigenvalue weighted by molar-refractivity contribution is -0.141. The smallest absolute Gasteiger partial charge is 0.295 e. The Kier molecular flexibility index (Phi) is 6.68. The molecule has 5 rings (SSSR count). The van der Waals surface area contributed by atoms with Crippen molar-refractivity contribution in [3.63, 3.8) is 0 Å². The lowest BCUT2D eigenvalue weighted by Gasteiger charge is -2.30. The Morgan fingerprint density at radius 2 is 1.59 bits per heavy atom. The van der Waals surface area contributed by atoms with Crippen LogP contribution in [0.4, 0.5) is 0 Å². The van der Waals surface area contributed by atoms with E-state index in [0.29, 0.717) is 23.7 Å². The molecule has 3 aliphatic heterocycles. The molecule has 9 nitrogen and oxygen atoms in total. The fourth-order valence-electron chi connectivity index (χ4n) is 5.21. The SMILES string of the molecule is O=C1C(=O)N(C2CCS(=O)(=O)C2)C(c2ccc(Cl)cc2)/C1=C(\O)c1ccc(S(=O)(=O)N2CCCC2)cc1. The van der Waals surface area contributed by atoms with E-state index in [4.69, 9.17) is 11.6 Å². The topological polar surface area (TPSA) is 129 Å². The number of halogens is 1. The summed E-state index contributed by atoms with van der Waals surface area (Å²) >= 11 is 6.03. The molecule has 0 saturated carbocycles. The summed E-state index contributed by atoms with van der Waals surface area (Å²) in [7, 11) is -7.04. The number of sulfonamides is 1. The second-order valence-electron chi connectivity index (χ2n) is 9.45. The van der Waals surface area contributed by atoms with Crippen molar-refractivity contribution in [1.29, 1.82) is 0 Å². The third-order valence-corrected chi connectivity index (χ3v) is 11.0. The van der Waals surface area contributed by atoms with Crippen LogP contribution < -0.4 is 0 Å². The number of hydrogen-bond acceptors (Lipinski definition) is 7. The highest BCUT2D eigenvalue weighted by Gasteiger charge is 2.51. The van der Waals surface area contributed by atoms with Crippen LogP contribution in [0.1, 0.15) is 36.4 Å². The van der Waals surface area contributed by atoms with Gasteiger partial charge in [-0.2, -0.15) is 4.31 Å². The average Bonchev–Trinajstić information content (AvgIpc) is 3.59. The fraction of sp³-hybridized carbons (Fsp3) is 0.360. The maximum atomic E-state index is 13.2. The highest BCUT2D eigenvalue weighted by molar-refractivity contribution is 7.91. The maximum Gasteiger partial charge on any atom is 0.295 e. The van der Waals surface area contributed by atoms with Crippen LogP contribution in [0.15, 0.2) is 59.0 Å².